The third-order valence-corrected chi connectivity index (χ3v) is 2.54. The van der Waals surface area contributed by atoms with Crippen molar-refractivity contribution in [3.8, 4) is 0 Å². The van der Waals surface area contributed by atoms with E-state index in [0.717, 1.165) is 0 Å². The number of sulfonamides is 1. The van der Waals surface area contributed by atoms with Crippen molar-refractivity contribution >= 4 is 15.9 Å². The standard InChI is InChI=1S/C6H14N2O5S/c7-6(10)5-13-3-1-8-14(11,12)4-2-9/h8-9H,1-5H2,(H2,7,10). The molecule has 0 heterocycles. The molecule has 0 rings (SSSR count). The number of nitrogens with one attached hydrogen (secondary N) is 1. The summed E-state index contributed by atoms with van der Waals surface area (Å²) < 4.78 is 28.7. The molecule has 0 unspecified atom stereocenters. The number of nitrogens with two attached hydrogens (primary N) is 1. The number of aliphatic hydroxyl groups is 1. The summed E-state index contributed by atoms with van der Waals surface area (Å²) in [5.74, 6) is -0.953. The number of primary amides is 1. The largest absolute Gasteiger partial charge is 0.395 e. The molecule has 0 aromatic rings. The van der Waals surface area contributed by atoms with Crippen LogP contribution in [0.15, 0.2) is 0 Å². The van der Waals surface area contributed by atoms with Crippen LogP contribution >= 0.6 is 0 Å². The summed E-state index contributed by atoms with van der Waals surface area (Å²) in [5.41, 5.74) is 4.77. The summed E-state index contributed by atoms with van der Waals surface area (Å²) in [5, 5.41) is 8.37. The Balaban J connectivity index is 3.49. The van der Waals surface area contributed by atoms with Gasteiger partial charge in [0.2, 0.25) is 15.9 Å². The minimum atomic E-state index is -3.43. The Labute approximate surface area is 82.3 Å². The van der Waals surface area contributed by atoms with E-state index >= 15 is 0 Å². The van der Waals surface area contributed by atoms with E-state index in [1.165, 1.54) is 0 Å². The topological polar surface area (TPSA) is 119 Å². The van der Waals surface area contributed by atoms with Crippen LogP contribution in [0.4, 0.5) is 0 Å². The van der Waals surface area contributed by atoms with E-state index in [9.17, 15) is 13.2 Å². The second-order valence-corrected chi connectivity index (χ2v) is 4.38. The lowest BCUT2D eigenvalue weighted by molar-refractivity contribution is -0.122. The molecule has 14 heavy (non-hydrogen) atoms. The molecular weight excluding hydrogens is 212 g/mol. The number of carbonyl (C=O) groups is 1. The number of hydrogen-bond donors (Lipinski definition) is 3. The minimum absolute atomic E-state index is 0.0512. The number of hydrogen-bond acceptors (Lipinski definition) is 5. The SMILES string of the molecule is NC(=O)COCCNS(=O)(=O)CCO. The molecule has 0 saturated carbocycles. The molecule has 4 N–H and O–H groups in total. The number of aliphatic hydroxyl groups excluding tert-OH is 1. The van der Waals surface area contributed by atoms with Crippen molar-refractivity contribution in [2.75, 3.05) is 32.1 Å². The molecule has 0 radical (unpaired) electrons. The van der Waals surface area contributed by atoms with Crippen molar-refractivity contribution in [3.63, 3.8) is 0 Å². The highest BCUT2D eigenvalue weighted by Crippen LogP contribution is 1.82. The van der Waals surface area contributed by atoms with E-state index in [-0.39, 0.29) is 25.5 Å². The Kier molecular flexibility index (Phi) is 6.37. The summed E-state index contributed by atoms with van der Waals surface area (Å²) in [4.78, 5) is 10.2. The van der Waals surface area contributed by atoms with Crippen LogP contribution in [0.1, 0.15) is 0 Å². The van der Waals surface area contributed by atoms with Crippen molar-refractivity contribution in [1.29, 1.82) is 0 Å². The van der Waals surface area contributed by atoms with Crippen molar-refractivity contribution in [2.45, 2.75) is 0 Å². The summed E-state index contributed by atoms with van der Waals surface area (Å²) in [6, 6.07) is 0. The highest BCUT2D eigenvalue weighted by molar-refractivity contribution is 7.89. The fraction of sp³-hybridized carbons (Fsp3) is 0.833. The lowest BCUT2D eigenvalue weighted by Crippen LogP contribution is -2.31. The van der Waals surface area contributed by atoms with Gasteiger partial charge in [-0.3, -0.25) is 4.79 Å². The minimum Gasteiger partial charge on any atom is -0.395 e. The van der Waals surface area contributed by atoms with Gasteiger partial charge in [-0.2, -0.15) is 0 Å². The van der Waals surface area contributed by atoms with E-state index < -0.39 is 22.5 Å². The van der Waals surface area contributed by atoms with Crippen LogP contribution in [0.2, 0.25) is 0 Å². The molecule has 0 aliphatic heterocycles. The monoisotopic (exact) mass is 226 g/mol. The van der Waals surface area contributed by atoms with Crippen molar-refractivity contribution < 1.29 is 23.1 Å². The first kappa shape index (κ1) is 13.3. The highest BCUT2D eigenvalue weighted by atomic mass is 32.2. The Bertz CT molecular complexity index is 263. The number of amides is 1. The van der Waals surface area contributed by atoms with E-state index in [0.29, 0.717) is 0 Å². The predicted octanol–water partition coefficient (Wildman–Crippen LogP) is -2.60. The maximum Gasteiger partial charge on any atom is 0.243 e. The van der Waals surface area contributed by atoms with Crippen molar-refractivity contribution in [2.24, 2.45) is 5.73 Å². The van der Waals surface area contributed by atoms with Gasteiger partial charge in [0.1, 0.15) is 6.61 Å². The van der Waals surface area contributed by atoms with Gasteiger partial charge in [0.25, 0.3) is 0 Å². The molecule has 0 aromatic carbocycles. The van der Waals surface area contributed by atoms with Gasteiger partial charge in [0, 0.05) is 6.54 Å². The zero-order valence-corrected chi connectivity index (χ0v) is 8.42. The zero-order valence-electron chi connectivity index (χ0n) is 7.60. The van der Waals surface area contributed by atoms with E-state index in [2.05, 4.69) is 4.72 Å². The van der Waals surface area contributed by atoms with Gasteiger partial charge in [-0.15, -0.1) is 0 Å². The van der Waals surface area contributed by atoms with E-state index in [1.807, 2.05) is 0 Å². The number of carbonyl (C=O) groups excluding carboxylic acids is 1. The molecule has 1 amide bonds. The van der Waals surface area contributed by atoms with Gasteiger partial charge in [-0.05, 0) is 0 Å². The second-order valence-electron chi connectivity index (χ2n) is 2.46. The normalized spacial score (nSPS) is 11.5. The number of rotatable bonds is 8. The molecule has 8 heteroatoms. The van der Waals surface area contributed by atoms with Gasteiger partial charge in [-0.1, -0.05) is 0 Å². The molecule has 0 spiro atoms. The fourth-order valence-electron chi connectivity index (χ4n) is 0.634. The molecule has 0 aromatic heterocycles. The van der Waals surface area contributed by atoms with Gasteiger partial charge < -0.3 is 15.6 Å². The third-order valence-electron chi connectivity index (χ3n) is 1.17. The smallest absolute Gasteiger partial charge is 0.243 e. The highest BCUT2D eigenvalue weighted by Gasteiger charge is 2.07. The van der Waals surface area contributed by atoms with Gasteiger partial charge in [-0.25, -0.2) is 13.1 Å². The first-order valence-electron chi connectivity index (χ1n) is 3.92. The Morgan fingerprint density at radius 1 is 1.50 bits per heavy atom. The number of ether oxygens (including phenoxy) is 1. The zero-order chi connectivity index (χ0) is 11.0. The second kappa shape index (κ2) is 6.71. The first-order valence-corrected chi connectivity index (χ1v) is 5.57. The van der Waals surface area contributed by atoms with Crippen LogP contribution in [0.5, 0.6) is 0 Å². The van der Waals surface area contributed by atoms with E-state index in [4.69, 9.17) is 15.6 Å². The van der Waals surface area contributed by atoms with Gasteiger partial charge >= 0.3 is 0 Å². The van der Waals surface area contributed by atoms with Crippen molar-refractivity contribution in [3.05, 3.63) is 0 Å². The molecule has 84 valence electrons. The van der Waals surface area contributed by atoms with Gasteiger partial charge in [0.15, 0.2) is 0 Å². The summed E-state index contributed by atoms with van der Waals surface area (Å²) in [6.07, 6.45) is 0. The van der Waals surface area contributed by atoms with Crippen LogP contribution in [0, 0.1) is 0 Å². The lowest BCUT2D eigenvalue weighted by Gasteiger charge is -2.04. The third kappa shape index (κ3) is 7.92. The van der Waals surface area contributed by atoms with Crippen LogP contribution < -0.4 is 10.5 Å². The van der Waals surface area contributed by atoms with Crippen LogP contribution in [-0.4, -0.2) is 51.5 Å². The molecular formula is C6H14N2O5S. The van der Waals surface area contributed by atoms with Crippen LogP contribution in [0.25, 0.3) is 0 Å². The maximum atomic E-state index is 10.9. The van der Waals surface area contributed by atoms with Crippen LogP contribution in [0.3, 0.4) is 0 Å². The predicted molar refractivity (Wildman–Crippen MR) is 48.9 cm³/mol. The molecule has 0 bridgehead atoms. The lowest BCUT2D eigenvalue weighted by atomic mass is 10.6. The molecule has 0 fully saturated rings. The summed E-state index contributed by atoms with van der Waals surface area (Å²) in [6.45, 7) is -0.553. The molecule has 0 atom stereocenters. The first-order chi connectivity index (χ1) is 6.48. The molecule has 0 aliphatic carbocycles. The average molecular weight is 226 g/mol. The quantitative estimate of drug-likeness (QED) is 0.392. The van der Waals surface area contributed by atoms with Gasteiger partial charge in [0.05, 0.1) is 19.0 Å². The van der Waals surface area contributed by atoms with Crippen molar-refractivity contribution in [1.82, 2.24) is 4.72 Å². The fourth-order valence-corrected chi connectivity index (χ4v) is 1.41. The Morgan fingerprint density at radius 2 is 2.14 bits per heavy atom. The summed E-state index contributed by atoms with van der Waals surface area (Å²) in [7, 11) is -3.43. The Hall–Kier alpha value is -0.700. The summed E-state index contributed by atoms with van der Waals surface area (Å²) >= 11 is 0. The molecule has 0 aliphatic rings. The average Bonchev–Trinajstić information content (AvgIpc) is 2.02. The van der Waals surface area contributed by atoms with Crippen LogP contribution in [-0.2, 0) is 19.6 Å². The molecule has 7 nitrogen and oxygen atoms in total. The molecule has 0 saturated heterocycles. The maximum absolute atomic E-state index is 10.9. The Morgan fingerprint density at radius 3 is 2.64 bits per heavy atom. The van der Waals surface area contributed by atoms with E-state index in [1.54, 1.807) is 0 Å².